The van der Waals surface area contributed by atoms with Crippen LogP contribution < -0.4 is 28.4 Å². The Morgan fingerprint density at radius 2 is 0.673 bits per heavy atom. The van der Waals surface area contributed by atoms with Crippen LogP contribution in [0.25, 0.3) is 10.8 Å². The average Bonchev–Trinajstić information content (AvgIpc) is 3.43. The molecule has 3 aliphatic heterocycles. The molecule has 3 aliphatic rings. The molecule has 55 heavy (non-hydrogen) atoms. The molecular formula is C49H76O6. The van der Waals surface area contributed by atoms with E-state index in [0.29, 0.717) is 19.1 Å². The van der Waals surface area contributed by atoms with Crippen LogP contribution in [0.4, 0.5) is 0 Å². The highest BCUT2D eigenvalue weighted by atomic mass is 16.6. The SMILES string of the molecule is CC.CC.CC.CC.CC(C)(C)C1COc2cc3ccccc3cc2O1.CC(C)(C)C1COc2ccccc2O1.CC(C)(C)C1COc2ccccc2OC1. The molecule has 6 heteroatoms. The Morgan fingerprint density at radius 3 is 1.07 bits per heavy atom. The predicted molar refractivity (Wildman–Crippen MR) is 235 cm³/mol. The number of benzene rings is 4. The van der Waals surface area contributed by atoms with Gasteiger partial charge in [0.15, 0.2) is 34.5 Å². The predicted octanol–water partition coefficient (Wildman–Crippen LogP) is 14.1. The van der Waals surface area contributed by atoms with Gasteiger partial charge < -0.3 is 28.4 Å². The fourth-order valence-electron chi connectivity index (χ4n) is 5.25. The largest absolute Gasteiger partial charge is 0.489 e. The second kappa shape index (κ2) is 23.8. The Kier molecular flexibility index (Phi) is 21.2. The van der Waals surface area contributed by atoms with Gasteiger partial charge >= 0.3 is 0 Å². The highest BCUT2D eigenvalue weighted by molar-refractivity contribution is 5.86. The van der Waals surface area contributed by atoms with E-state index in [1.807, 2.05) is 116 Å². The number of rotatable bonds is 0. The van der Waals surface area contributed by atoms with E-state index >= 15 is 0 Å². The van der Waals surface area contributed by atoms with Gasteiger partial charge in [0.25, 0.3) is 0 Å². The van der Waals surface area contributed by atoms with Crippen molar-refractivity contribution in [1.82, 2.24) is 0 Å². The second-order valence-corrected chi connectivity index (χ2v) is 15.8. The maximum absolute atomic E-state index is 6.08. The zero-order valence-electron chi connectivity index (χ0n) is 37.6. The lowest BCUT2D eigenvalue weighted by atomic mass is 9.82. The summed E-state index contributed by atoms with van der Waals surface area (Å²) < 4.78 is 35.0. The van der Waals surface area contributed by atoms with Crippen molar-refractivity contribution in [3.8, 4) is 34.5 Å². The van der Waals surface area contributed by atoms with Gasteiger partial charge in [0, 0.05) is 16.7 Å². The summed E-state index contributed by atoms with van der Waals surface area (Å²) in [4.78, 5) is 0. The van der Waals surface area contributed by atoms with Gasteiger partial charge in [0.2, 0.25) is 0 Å². The minimum atomic E-state index is 0.0866. The Labute approximate surface area is 336 Å². The van der Waals surface area contributed by atoms with Crippen molar-refractivity contribution >= 4 is 10.8 Å². The van der Waals surface area contributed by atoms with Crippen molar-refractivity contribution in [3.63, 3.8) is 0 Å². The number of fused-ring (bicyclic) bond motifs is 4. The molecule has 4 aromatic carbocycles. The van der Waals surface area contributed by atoms with Crippen LogP contribution in [0.15, 0.2) is 84.9 Å². The second-order valence-electron chi connectivity index (χ2n) is 15.8. The fourth-order valence-corrected chi connectivity index (χ4v) is 5.25. The molecule has 6 nitrogen and oxygen atoms in total. The average molecular weight is 761 g/mol. The van der Waals surface area contributed by atoms with Gasteiger partial charge in [-0.05, 0) is 52.6 Å². The third-order valence-electron chi connectivity index (χ3n) is 8.87. The number of ether oxygens (including phenoxy) is 6. The molecule has 0 aromatic heterocycles. The first-order valence-corrected chi connectivity index (χ1v) is 20.7. The smallest absolute Gasteiger partial charge is 0.162 e. The Balaban J connectivity index is 0.000000380. The minimum absolute atomic E-state index is 0.0866. The zero-order chi connectivity index (χ0) is 41.8. The molecule has 0 saturated heterocycles. The van der Waals surface area contributed by atoms with Crippen LogP contribution in [0.1, 0.15) is 118 Å². The van der Waals surface area contributed by atoms with Crippen molar-refractivity contribution in [2.75, 3.05) is 26.4 Å². The summed E-state index contributed by atoms with van der Waals surface area (Å²) in [5.41, 5.74) is 0.429. The van der Waals surface area contributed by atoms with E-state index in [1.54, 1.807) is 0 Å². The number of hydrogen-bond donors (Lipinski definition) is 0. The summed E-state index contributed by atoms with van der Waals surface area (Å²) >= 11 is 0. The summed E-state index contributed by atoms with van der Waals surface area (Å²) in [6.45, 7) is 38.4. The first-order chi connectivity index (χ1) is 26.2. The maximum atomic E-state index is 6.08. The zero-order valence-corrected chi connectivity index (χ0v) is 37.6. The van der Waals surface area contributed by atoms with Crippen LogP contribution in [0.2, 0.25) is 0 Å². The number of hydrogen-bond acceptors (Lipinski definition) is 6. The van der Waals surface area contributed by atoms with Crippen LogP contribution in [-0.2, 0) is 0 Å². The van der Waals surface area contributed by atoms with Gasteiger partial charge in [-0.1, -0.05) is 166 Å². The Hall–Kier alpha value is -4.06. The molecule has 0 amide bonds. The van der Waals surface area contributed by atoms with E-state index in [-0.39, 0.29) is 28.5 Å². The van der Waals surface area contributed by atoms with Crippen molar-refractivity contribution < 1.29 is 28.4 Å². The van der Waals surface area contributed by atoms with Crippen molar-refractivity contribution in [2.24, 2.45) is 22.2 Å². The van der Waals surface area contributed by atoms with Crippen LogP contribution >= 0.6 is 0 Å². The summed E-state index contributed by atoms with van der Waals surface area (Å²) in [6, 6.07) is 28.1. The van der Waals surface area contributed by atoms with Gasteiger partial charge in [-0.2, -0.15) is 0 Å². The topological polar surface area (TPSA) is 55.4 Å². The van der Waals surface area contributed by atoms with E-state index in [4.69, 9.17) is 28.4 Å². The van der Waals surface area contributed by atoms with Gasteiger partial charge in [-0.15, -0.1) is 0 Å². The molecule has 2 unspecified atom stereocenters. The molecule has 2 atom stereocenters. The lowest BCUT2D eigenvalue weighted by molar-refractivity contribution is 0.0163. The molecule has 0 bridgehead atoms. The summed E-state index contributed by atoms with van der Waals surface area (Å²) in [5.74, 6) is 5.60. The van der Waals surface area contributed by atoms with Crippen LogP contribution in [0.5, 0.6) is 34.5 Å². The van der Waals surface area contributed by atoms with Crippen LogP contribution in [0, 0.1) is 22.2 Å². The number of para-hydroxylation sites is 4. The van der Waals surface area contributed by atoms with Gasteiger partial charge in [-0.25, -0.2) is 0 Å². The van der Waals surface area contributed by atoms with Crippen LogP contribution in [-0.4, -0.2) is 38.6 Å². The molecule has 308 valence electrons. The highest BCUT2D eigenvalue weighted by Gasteiger charge is 2.33. The van der Waals surface area contributed by atoms with E-state index in [1.165, 1.54) is 10.8 Å². The molecule has 0 radical (unpaired) electrons. The lowest BCUT2D eigenvalue weighted by Gasteiger charge is -2.35. The van der Waals surface area contributed by atoms with Crippen molar-refractivity contribution in [1.29, 1.82) is 0 Å². The summed E-state index contributed by atoms with van der Waals surface area (Å²) in [5, 5.41) is 2.38. The van der Waals surface area contributed by atoms with E-state index in [9.17, 15) is 0 Å². The normalized spacial score (nSPS) is 16.6. The summed E-state index contributed by atoms with van der Waals surface area (Å²) in [6.07, 6.45) is 0.239. The van der Waals surface area contributed by atoms with E-state index in [2.05, 4.69) is 86.6 Å². The first-order valence-electron chi connectivity index (χ1n) is 20.7. The third-order valence-corrected chi connectivity index (χ3v) is 8.87. The van der Waals surface area contributed by atoms with E-state index < -0.39 is 0 Å². The van der Waals surface area contributed by atoms with Crippen LogP contribution in [0.3, 0.4) is 0 Å². The molecule has 0 spiro atoms. The summed E-state index contributed by atoms with van der Waals surface area (Å²) in [7, 11) is 0. The monoisotopic (exact) mass is 761 g/mol. The minimum Gasteiger partial charge on any atom is -0.489 e. The molecule has 0 N–H and O–H groups in total. The van der Waals surface area contributed by atoms with Gasteiger partial charge in [0.1, 0.15) is 25.4 Å². The van der Waals surface area contributed by atoms with Gasteiger partial charge in [0.05, 0.1) is 13.2 Å². The maximum Gasteiger partial charge on any atom is 0.162 e. The van der Waals surface area contributed by atoms with Gasteiger partial charge in [-0.3, -0.25) is 0 Å². The Morgan fingerprint density at radius 1 is 0.364 bits per heavy atom. The molecule has 4 aromatic rings. The van der Waals surface area contributed by atoms with Crippen molar-refractivity contribution in [2.45, 2.75) is 130 Å². The molecule has 0 fully saturated rings. The Bertz CT molecular complexity index is 1600. The first kappa shape index (κ1) is 49.0. The quantitative estimate of drug-likeness (QED) is 0.178. The third kappa shape index (κ3) is 15.2. The molecular weight excluding hydrogens is 685 g/mol. The standard InChI is InChI=1S/C16H18O2.C13H18O2.C12H16O2.4C2H6/c1-16(2,3)15-10-17-13-8-11-6-4-5-7-12(11)9-14(13)18-15;1-13(2,3)10-8-14-11-6-4-5-7-12(11)15-9-10;1-12(2,3)11-8-13-9-6-4-5-7-10(9)14-11;4*1-2/h4-9,15H,10H2,1-3H3;4-7,10H,8-9H2,1-3H3;4-7,11H,8H2,1-3H3;4*1-2H3. The molecule has 0 aliphatic carbocycles. The highest BCUT2D eigenvalue weighted by Crippen LogP contribution is 2.40. The van der Waals surface area contributed by atoms with Crippen molar-refractivity contribution in [3.05, 3.63) is 84.9 Å². The van der Waals surface area contributed by atoms with E-state index in [0.717, 1.165) is 47.7 Å². The molecule has 0 saturated carbocycles. The molecule has 3 heterocycles. The molecule has 7 rings (SSSR count). The fraction of sp³-hybridized carbons (Fsp3) is 0.551. The lowest BCUT2D eigenvalue weighted by Crippen LogP contribution is -2.39.